The molecule has 0 bridgehead atoms. The Kier molecular flexibility index (Phi) is 42.0. The Morgan fingerprint density at radius 3 is 1.32 bits per heavy atom. The van der Waals surface area contributed by atoms with Gasteiger partial charge < -0.3 is 28.8 Å². The van der Waals surface area contributed by atoms with Gasteiger partial charge in [-0.25, -0.2) is 0 Å². The number of aliphatic hydroxyl groups excluding tert-OH is 1. The van der Waals surface area contributed by atoms with E-state index in [9.17, 15) is 19.4 Å². The van der Waals surface area contributed by atoms with Crippen molar-refractivity contribution < 1.29 is 32.9 Å². The number of nitrogens with zero attached hydrogens (tertiary/aromatic N) is 1. The molecule has 352 valence electrons. The highest BCUT2D eigenvalue weighted by Crippen LogP contribution is 2.38. The maximum Gasteiger partial charge on any atom is 0.268 e. The first kappa shape index (κ1) is 58.2. The lowest BCUT2D eigenvalue weighted by Crippen LogP contribution is -2.46. The Morgan fingerprint density at radius 2 is 0.932 bits per heavy atom. The summed E-state index contributed by atoms with van der Waals surface area (Å²) in [4.78, 5) is 25.3. The summed E-state index contributed by atoms with van der Waals surface area (Å²) in [7, 11) is 1.31. The van der Waals surface area contributed by atoms with Crippen LogP contribution >= 0.6 is 7.82 Å². The molecular formula is C50H101N2O6P. The number of likely N-dealkylation sites (N-methyl/N-ethyl adjacent to an activating group) is 1. The molecule has 0 aromatic heterocycles. The van der Waals surface area contributed by atoms with Crippen LogP contribution in [0.2, 0.25) is 0 Å². The van der Waals surface area contributed by atoms with Crippen LogP contribution in [0.15, 0.2) is 12.2 Å². The van der Waals surface area contributed by atoms with Crippen LogP contribution in [0.5, 0.6) is 0 Å². The largest absolute Gasteiger partial charge is 0.756 e. The molecule has 0 aliphatic carbocycles. The molecule has 8 nitrogen and oxygen atoms in total. The number of amides is 1. The molecule has 0 saturated carbocycles. The topological polar surface area (TPSA) is 108 Å². The zero-order chi connectivity index (χ0) is 43.6. The van der Waals surface area contributed by atoms with Crippen molar-refractivity contribution in [2.24, 2.45) is 0 Å². The molecule has 0 radical (unpaired) electrons. The second-order valence-electron chi connectivity index (χ2n) is 18.9. The van der Waals surface area contributed by atoms with Gasteiger partial charge in [0.1, 0.15) is 13.2 Å². The van der Waals surface area contributed by atoms with Crippen molar-refractivity contribution in [3.8, 4) is 0 Å². The van der Waals surface area contributed by atoms with Gasteiger partial charge in [0.2, 0.25) is 5.91 Å². The van der Waals surface area contributed by atoms with E-state index in [-0.39, 0.29) is 19.1 Å². The number of quaternary nitrogens is 1. The smallest absolute Gasteiger partial charge is 0.268 e. The van der Waals surface area contributed by atoms with Crippen molar-refractivity contribution in [1.29, 1.82) is 0 Å². The lowest BCUT2D eigenvalue weighted by molar-refractivity contribution is -0.870. The van der Waals surface area contributed by atoms with Crippen LogP contribution in [0.1, 0.15) is 251 Å². The second-order valence-corrected chi connectivity index (χ2v) is 20.3. The first-order chi connectivity index (χ1) is 28.5. The van der Waals surface area contributed by atoms with Gasteiger partial charge in [0.15, 0.2) is 0 Å². The summed E-state index contributed by atoms with van der Waals surface area (Å²) in [5, 5.41) is 13.9. The van der Waals surface area contributed by atoms with Gasteiger partial charge in [-0.1, -0.05) is 219 Å². The van der Waals surface area contributed by atoms with Gasteiger partial charge in [-0.3, -0.25) is 9.36 Å². The third-order valence-corrected chi connectivity index (χ3v) is 12.7. The number of carbonyl (C=O) groups excluding carboxylic acids is 1. The average molecular weight is 857 g/mol. The first-order valence-corrected chi connectivity index (χ1v) is 27.0. The number of hydrogen-bond acceptors (Lipinski definition) is 6. The number of carbonyl (C=O) groups is 1. The highest BCUT2D eigenvalue weighted by Gasteiger charge is 2.24. The van der Waals surface area contributed by atoms with Gasteiger partial charge in [0, 0.05) is 6.42 Å². The number of allylic oxidation sites excluding steroid dienone is 2. The molecular weight excluding hydrogens is 756 g/mol. The maximum absolute atomic E-state index is 12.9. The second kappa shape index (κ2) is 42.5. The van der Waals surface area contributed by atoms with Gasteiger partial charge in [-0.2, -0.15) is 0 Å². The molecule has 0 saturated heterocycles. The Labute approximate surface area is 367 Å². The minimum absolute atomic E-state index is 0.0145. The van der Waals surface area contributed by atoms with Crippen LogP contribution < -0.4 is 10.2 Å². The van der Waals surface area contributed by atoms with E-state index in [1.165, 1.54) is 186 Å². The number of rotatable bonds is 47. The molecule has 2 N–H and O–H groups in total. The van der Waals surface area contributed by atoms with Crippen LogP contribution in [0.4, 0.5) is 0 Å². The summed E-state index contributed by atoms with van der Waals surface area (Å²) in [5.41, 5.74) is 0. The zero-order valence-electron chi connectivity index (χ0n) is 40.0. The molecule has 1 amide bonds. The molecule has 59 heavy (non-hydrogen) atoms. The summed E-state index contributed by atoms with van der Waals surface area (Å²) >= 11 is 0. The lowest BCUT2D eigenvalue weighted by atomic mass is 10.0. The quantitative estimate of drug-likeness (QED) is 0.0273. The number of aliphatic hydroxyl groups is 1. The van der Waals surface area contributed by atoms with Crippen molar-refractivity contribution in [2.45, 2.75) is 264 Å². The van der Waals surface area contributed by atoms with Crippen molar-refractivity contribution in [2.75, 3.05) is 40.9 Å². The van der Waals surface area contributed by atoms with Gasteiger partial charge in [-0.05, 0) is 38.5 Å². The van der Waals surface area contributed by atoms with Gasteiger partial charge in [0.25, 0.3) is 7.82 Å². The molecule has 0 fully saturated rings. The van der Waals surface area contributed by atoms with E-state index in [4.69, 9.17) is 9.05 Å². The monoisotopic (exact) mass is 857 g/mol. The van der Waals surface area contributed by atoms with Gasteiger partial charge >= 0.3 is 0 Å². The zero-order valence-corrected chi connectivity index (χ0v) is 40.9. The summed E-state index contributed by atoms with van der Waals surface area (Å²) in [6, 6.07) is -0.795. The molecule has 0 aliphatic heterocycles. The van der Waals surface area contributed by atoms with Crippen molar-refractivity contribution in [3.05, 3.63) is 12.2 Å². The third-order valence-electron chi connectivity index (χ3n) is 11.8. The highest BCUT2D eigenvalue weighted by molar-refractivity contribution is 7.45. The minimum Gasteiger partial charge on any atom is -0.756 e. The normalized spacial score (nSPS) is 14.2. The molecule has 0 aromatic rings. The first-order valence-electron chi connectivity index (χ1n) is 25.5. The molecule has 0 aliphatic rings. The number of phosphoric ester groups is 1. The average Bonchev–Trinajstić information content (AvgIpc) is 3.19. The molecule has 0 aromatic carbocycles. The number of hydrogen-bond donors (Lipinski definition) is 2. The predicted molar refractivity (Wildman–Crippen MR) is 252 cm³/mol. The Morgan fingerprint density at radius 1 is 0.576 bits per heavy atom. The van der Waals surface area contributed by atoms with Crippen LogP contribution in [-0.2, 0) is 18.4 Å². The standard InChI is InChI=1S/C50H101N2O6P/c1-6-8-10-12-14-16-18-19-20-21-22-23-24-25-26-27-28-29-30-31-32-33-34-36-38-40-42-44-50(54)51-48(47-58-59(55,56)57-46-45-52(3,4)5)49(53)43-41-39-37-35-17-15-13-11-9-7-2/h21-22,48-49,53H,6-20,23-47H2,1-5H3,(H-,51,54,55,56)/b22-21-. The Balaban J connectivity index is 4.03. The fourth-order valence-corrected chi connectivity index (χ4v) is 8.41. The summed E-state index contributed by atoms with van der Waals surface area (Å²) in [5.74, 6) is -0.163. The summed E-state index contributed by atoms with van der Waals surface area (Å²) in [6.07, 6.45) is 49.6. The highest BCUT2D eigenvalue weighted by atomic mass is 31.2. The SMILES string of the molecule is CCCCCCCCCC/C=C\CCCCCCCCCCCCCCCCCC(=O)NC(COP(=O)([O-])OCC[N+](C)(C)C)C(O)CCCCCCCCCCCC. The van der Waals surface area contributed by atoms with E-state index in [1.54, 1.807) is 0 Å². The van der Waals surface area contributed by atoms with Crippen LogP contribution in [-0.4, -0.2) is 68.5 Å². The molecule has 3 unspecified atom stereocenters. The third kappa shape index (κ3) is 45.1. The van der Waals surface area contributed by atoms with E-state index in [0.717, 1.165) is 38.5 Å². The van der Waals surface area contributed by atoms with E-state index >= 15 is 0 Å². The minimum atomic E-state index is -4.56. The van der Waals surface area contributed by atoms with E-state index in [1.807, 2.05) is 21.1 Å². The van der Waals surface area contributed by atoms with E-state index < -0.39 is 20.0 Å². The van der Waals surface area contributed by atoms with Crippen LogP contribution in [0.3, 0.4) is 0 Å². The van der Waals surface area contributed by atoms with Crippen LogP contribution in [0, 0.1) is 0 Å². The Hall–Kier alpha value is -0.760. The molecule has 9 heteroatoms. The number of unbranched alkanes of at least 4 members (excludes halogenated alkanes) is 32. The fourth-order valence-electron chi connectivity index (χ4n) is 7.68. The van der Waals surface area contributed by atoms with Gasteiger partial charge in [-0.15, -0.1) is 0 Å². The number of phosphoric acid groups is 1. The predicted octanol–water partition coefficient (Wildman–Crippen LogP) is 14.1. The van der Waals surface area contributed by atoms with E-state index in [2.05, 4.69) is 31.3 Å². The van der Waals surface area contributed by atoms with Crippen molar-refractivity contribution >= 4 is 13.7 Å². The maximum atomic E-state index is 12.9. The number of nitrogens with one attached hydrogen (secondary N) is 1. The molecule has 0 heterocycles. The lowest BCUT2D eigenvalue weighted by Gasteiger charge is -2.30. The molecule has 0 spiro atoms. The molecule has 0 rings (SSSR count). The van der Waals surface area contributed by atoms with Crippen molar-refractivity contribution in [1.82, 2.24) is 5.32 Å². The van der Waals surface area contributed by atoms with Gasteiger partial charge in [0.05, 0.1) is 39.9 Å². The summed E-state index contributed by atoms with van der Waals surface area (Å²) < 4.78 is 23.3. The fraction of sp³-hybridized carbons (Fsp3) is 0.940. The molecule has 3 atom stereocenters. The van der Waals surface area contributed by atoms with Crippen molar-refractivity contribution in [3.63, 3.8) is 0 Å². The van der Waals surface area contributed by atoms with E-state index in [0.29, 0.717) is 23.9 Å². The Bertz CT molecular complexity index is 974. The van der Waals surface area contributed by atoms with Crippen LogP contribution in [0.25, 0.3) is 0 Å². The summed E-state index contributed by atoms with van der Waals surface area (Å²) in [6.45, 7) is 4.72.